The Bertz CT molecular complexity index is 230. The molecular weight excluding hydrogens is 224 g/mol. The van der Waals surface area contributed by atoms with E-state index in [2.05, 4.69) is 6.92 Å². The smallest absolute Gasteiger partial charge is 0.307 e. The summed E-state index contributed by atoms with van der Waals surface area (Å²) in [6.07, 6.45) is 3.96. The molecule has 1 rings (SSSR count). The van der Waals surface area contributed by atoms with Crippen LogP contribution in [0.1, 0.15) is 39.5 Å². The van der Waals surface area contributed by atoms with Gasteiger partial charge in [0.2, 0.25) is 0 Å². The number of carbonyl (C=O) groups is 1. The minimum Gasteiger partial charge on any atom is -0.481 e. The van der Waals surface area contributed by atoms with Crippen molar-refractivity contribution < 1.29 is 15.0 Å². The minimum absolute atomic E-state index is 0.129. The van der Waals surface area contributed by atoms with Gasteiger partial charge in [0.25, 0.3) is 0 Å². The molecule has 4 heteroatoms. The van der Waals surface area contributed by atoms with Crippen molar-refractivity contribution in [2.45, 2.75) is 50.0 Å². The number of hydrogen-bond acceptors (Lipinski definition) is 3. The van der Waals surface area contributed by atoms with Crippen LogP contribution in [0.2, 0.25) is 0 Å². The molecular formula is C12H22O3S. The van der Waals surface area contributed by atoms with Crippen LogP contribution in [0.25, 0.3) is 0 Å². The first-order valence-electron chi connectivity index (χ1n) is 6.07. The number of carboxylic acids is 1. The van der Waals surface area contributed by atoms with Crippen molar-refractivity contribution >= 4 is 17.7 Å². The van der Waals surface area contributed by atoms with Crippen molar-refractivity contribution in [3.63, 3.8) is 0 Å². The normalized spacial score (nSPS) is 32.3. The van der Waals surface area contributed by atoms with Crippen LogP contribution >= 0.6 is 11.8 Å². The molecule has 0 aromatic rings. The van der Waals surface area contributed by atoms with Crippen LogP contribution in [0.15, 0.2) is 0 Å². The van der Waals surface area contributed by atoms with Gasteiger partial charge in [0, 0.05) is 10.5 Å². The molecule has 0 bridgehead atoms. The number of aliphatic hydroxyl groups excluding tert-OH is 1. The second-order valence-corrected chi connectivity index (χ2v) is 6.38. The molecule has 4 atom stereocenters. The fourth-order valence-electron chi connectivity index (χ4n) is 2.36. The van der Waals surface area contributed by atoms with Crippen LogP contribution in [0.3, 0.4) is 0 Å². The van der Waals surface area contributed by atoms with Crippen molar-refractivity contribution in [3.05, 3.63) is 0 Å². The van der Waals surface area contributed by atoms with E-state index in [4.69, 9.17) is 5.11 Å². The van der Waals surface area contributed by atoms with Crippen LogP contribution in [0, 0.1) is 11.8 Å². The first kappa shape index (κ1) is 13.8. The maximum Gasteiger partial charge on any atom is 0.307 e. The van der Waals surface area contributed by atoms with Crippen LogP contribution < -0.4 is 0 Å². The monoisotopic (exact) mass is 246 g/mol. The Balaban J connectivity index is 2.60. The van der Waals surface area contributed by atoms with Crippen molar-refractivity contribution in [1.29, 1.82) is 0 Å². The van der Waals surface area contributed by atoms with Crippen LogP contribution in [0.4, 0.5) is 0 Å². The van der Waals surface area contributed by atoms with Crippen molar-refractivity contribution in [2.24, 2.45) is 11.8 Å². The average Bonchev–Trinajstić information content (AvgIpc) is 2.28. The average molecular weight is 246 g/mol. The third-order valence-electron chi connectivity index (χ3n) is 3.46. The SMILES string of the molecule is CCC1CCC(C(=O)O)C(SC(C)CO)C1. The Kier molecular flexibility index (Phi) is 5.62. The third kappa shape index (κ3) is 3.67. The molecule has 0 heterocycles. The van der Waals surface area contributed by atoms with Crippen molar-refractivity contribution in [3.8, 4) is 0 Å². The van der Waals surface area contributed by atoms with E-state index in [1.54, 1.807) is 11.8 Å². The minimum atomic E-state index is -0.669. The molecule has 0 aromatic heterocycles. The first-order chi connectivity index (χ1) is 7.58. The largest absolute Gasteiger partial charge is 0.481 e. The number of hydrogen-bond donors (Lipinski definition) is 2. The van der Waals surface area contributed by atoms with E-state index in [-0.39, 0.29) is 23.0 Å². The summed E-state index contributed by atoms with van der Waals surface area (Å²) in [6, 6.07) is 0. The van der Waals surface area contributed by atoms with Gasteiger partial charge in [0.1, 0.15) is 0 Å². The zero-order valence-electron chi connectivity index (χ0n) is 10.1. The summed E-state index contributed by atoms with van der Waals surface area (Å²) in [4.78, 5) is 11.2. The van der Waals surface area contributed by atoms with E-state index >= 15 is 0 Å². The number of aliphatic hydroxyl groups is 1. The summed E-state index contributed by atoms with van der Waals surface area (Å²) in [6.45, 7) is 4.26. The zero-order valence-corrected chi connectivity index (χ0v) is 10.9. The van der Waals surface area contributed by atoms with Gasteiger partial charge in [-0.3, -0.25) is 4.79 Å². The molecule has 1 saturated carbocycles. The summed E-state index contributed by atoms with van der Waals surface area (Å²) in [5.74, 6) is -0.224. The molecule has 2 N–H and O–H groups in total. The molecule has 0 radical (unpaired) electrons. The first-order valence-corrected chi connectivity index (χ1v) is 7.01. The summed E-state index contributed by atoms with van der Waals surface area (Å²) >= 11 is 1.65. The molecule has 3 nitrogen and oxygen atoms in total. The Labute approximate surface area is 102 Å². The predicted molar refractivity (Wildman–Crippen MR) is 66.7 cm³/mol. The fraction of sp³-hybridized carbons (Fsp3) is 0.917. The summed E-state index contributed by atoms with van der Waals surface area (Å²) in [7, 11) is 0. The lowest BCUT2D eigenvalue weighted by atomic mass is 9.80. The Morgan fingerprint density at radius 1 is 1.50 bits per heavy atom. The van der Waals surface area contributed by atoms with Gasteiger partial charge in [0.15, 0.2) is 0 Å². The van der Waals surface area contributed by atoms with Gasteiger partial charge in [0.05, 0.1) is 12.5 Å². The van der Waals surface area contributed by atoms with Crippen molar-refractivity contribution in [1.82, 2.24) is 0 Å². The summed E-state index contributed by atoms with van der Waals surface area (Å²) < 4.78 is 0. The topological polar surface area (TPSA) is 57.5 Å². The quantitative estimate of drug-likeness (QED) is 0.782. The van der Waals surface area contributed by atoms with Crippen LogP contribution in [-0.2, 0) is 4.79 Å². The van der Waals surface area contributed by atoms with Crippen LogP contribution in [-0.4, -0.2) is 33.3 Å². The Hall–Kier alpha value is -0.220. The second-order valence-electron chi connectivity index (χ2n) is 4.70. The molecule has 16 heavy (non-hydrogen) atoms. The molecule has 1 aliphatic rings. The van der Waals surface area contributed by atoms with Gasteiger partial charge < -0.3 is 10.2 Å². The zero-order chi connectivity index (χ0) is 12.1. The molecule has 0 saturated heterocycles. The number of thioether (sulfide) groups is 1. The van der Waals surface area contributed by atoms with E-state index in [1.807, 2.05) is 6.92 Å². The standard InChI is InChI=1S/C12H22O3S/c1-3-9-4-5-10(12(14)15)11(6-9)16-8(2)7-13/h8-11,13H,3-7H2,1-2H3,(H,14,15). The van der Waals surface area contributed by atoms with Gasteiger partial charge in [-0.25, -0.2) is 0 Å². The van der Waals surface area contributed by atoms with E-state index in [1.165, 1.54) is 0 Å². The van der Waals surface area contributed by atoms with Crippen LogP contribution in [0.5, 0.6) is 0 Å². The molecule has 0 spiro atoms. The molecule has 4 unspecified atom stereocenters. The maximum atomic E-state index is 11.2. The van der Waals surface area contributed by atoms with Gasteiger partial charge in [-0.2, -0.15) is 11.8 Å². The molecule has 1 aliphatic carbocycles. The van der Waals surface area contributed by atoms with Gasteiger partial charge in [-0.15, -0.1) is 0 Å². The molecule has 0 aromatic carbocycles. The highest BCUT2D eigenvalue weighted by Gasteiger charge is 2.35. The number of aliphatic carboxylic acids is 1. The van der Waals surface area contributed by atoms with E-state index in [0.717, 1.165) is 25.7 Å². The lowest BCUT2D eigenvalue weighted by Crippen LogP contribution is -2.34. The van der Waals surface area contributed by atoms with Gasteiger partial charge in [-0.1, -0.05) is 20.3 Å². The maximum absolute atomic E-state index is 11.2. The van der Waals surface area contributed by atoms with Crippen molar-refractivity contribution in [2.75, 3.05) is 6.61 Å². The fourth-order valence-corrected chi connectivity index (χ4v) is 3.87. The highest BCUT2D eigenvalue weighted by molar-refractivity contribution is 8.00. The molecule has 94 valence electrons. The summed E-state index contributed by atoms with van der Waals surface area (Å²) in [5, 5.41) is 18.5. The molecule has 0 amide bonds. The summed E-state index contributed by atoms with van der Waals surface area (Å²) in [5.41, 5.74) is 0. The number of carboxylic acid groups (broad SMARTS) is 1. The predicted octanol–water partition coefficient (Wildman–Crippen LogP) is 2.38. The Morgan fingerprint density at radius 3 is 2.69 bits per heavy atom. The third-order valence-corrected chi connectivity index (χ3v) is 4.94. The van der Waals surface area contributed by atoms with Gasteiger partial charge in [-0.05, 0) is 25.2 Å². The highest BCUT2D eigenvalue weighted by atomic mass is 32.2. The van der Waals surface area contributed by atoms with E-state index < -0.39 is 5.97 Å². The Morgan fingerprint density at radius 2 is 2.19 bits per heavy atom. The lowest BCUT2D eigenvalue weighted by Gasteiger charge is -2.34. The van der Waals surface area contributed by atoms with E-state index in [0.29, 0.717) is 5.92 Å². The van der Waals surface area contributed by atoms with Gasteiger partial charge >= 0.3 is 5.97 Å². The highest BCUT2D eigenvalue weighted by Crippen LogP contribution is 2.39. The second kappa shape index (κ2) is 6.50. The lowest BCUT2D eigenvalue weighted by molar-refractivity contribution is -0.142. The number of rotatable bonds is 5. The molecule has 1 fully saturated rings. The molecule has 0 aliphatic heterocycles. The van der Waals surface area contributed by atoms with E-state index in [9.17, 15) is 9.90 Å².